The van der Waals surface area contributed by atoms with Crippen LogP contribution in [0.5, 0.6) is 46.0 Å². The molecular weight excluding hydrogens is 1490 g/mol. The molecule has 572 valence electrons. The molecule has 0 radical (unpaired) electrons. The number of amides is 4. The number of carbonyl (C=O) groups is 4. The van der Waals surface area contributed by atoms with Crippen LogP contribution in [0, 0.1) is 0 Å². The molecule has 110 heavy (non-hydrogen) atoms. The molecule has 13 rings (SSSR count). The Morgan fingerprint density at radius 2 is 0.482 bits per heavy atom. The van der Waals surface area contributed by atoms with E-state index in [1.54, 1.807) is 0 Å². The van der Waals surface area contributed by atoms with E-state index in [2.05, 4.69) is 27.7 Å². The summed E-state index contributed by atoms with van der Waals surface area (Å²) in [6.07, 6.45) is 15.5. The van der Waals surface area contributed by atoms with E-state index < -0.39 is 83.7 Å². The lowest BCUT2D eigenvalue weighted by Crippen LogP contribution is -2.42. The van der Waals surface area contributed by atoms with Crippen LogP contribution in [-0.2, 0) is 66.2 Å². The van der Waals surface area contributed by atoms with E-state index in [9.17, 15) is 51.9 Å². The number of hydrogen-bond donors (Lipinski definition) is 4. The zero-order valence-electron chi connectivity index (χ0n) is 61.0. The van der Waals surface area contributed by atoms with Crippen LogP contribution in [0.1, 0.15) is 194 Å². The molecule has 0 atom stereocenters. The van der Waals surface area contributed by atoms with E-state index in [1.807, 2.05) is 36.4 Å². The first kappa shape index (κ1) is 78.0. The summed E-state index contributed by atoms with van der Waals surface area (Å²) in [5, 5.41) is -0.204. The minimum atomic E-state index is -4.81. The summed E-state index contributed by atoms with van der Waals surface area (Å²) in [7, 11) is -19.2. The van der Waals surface area contributed by atoms with Gasteiger partial charge in [-0.05, 0) is 195 Å². The molecule has 0 spiro atoms. The largest absolute Gasteiger partial charge is 0.457 e. The van der Waals surface area contributed by atoms with Crippen molar-refractivity contribution in [1.29, 1.82) is 0 Å². The molecule has 0 bridgehead atoms. The number of nitrogens with zero attached hydrogens (tertiary/aromatic N) is 2. The number of anilines is 2. The highest BCUT2D eigenvalue weighted by molar-refractivity contribution is 7.86. The standard InChI is InChI=1S/C84H82N2O20S4/c1-5-9-13-17-23-51-27-21-28-52(24-18-14-10-6-2)79(51)85-81(87)63-47-67(103-55-31-39-59(40-32-55)107(91,92)93)73-75-69(105-57-35-43-61(44-36-57)109(97,98)99)49-65-72-66(84(90)86(83(65)89)80-53(25-19-15-11-7-3)29-22-30-54(80)26-20-16-12-8-4)50-70(106-58-37-45-62(46-38-58)110(100,101)102)76(78(72)75)74-68(48-64(82(85)88)71(63)77(73)74)104-56-33-41-60(42-34-56)108(94,95)96/h21-22,27-50H,5-20,23-26H2,1-4H3,(H,91,92,93)(H,94,95,96)(H,97,98,99)(H,100,101,102). The number of carbonyl (C=O) groups excluding carboxylic acids is 4. The molecule has 2 aliphatic rings. The second kappa shape index (κ2) is 32.0. The summed E-state index contributed by atoms with van der Waals surface area (Å²) in [6, 6.07) is 35.6. The maximum Gasteiger partial charge on any atom is 0.294 e. The lowest BCUT2D eigenvalue weighted by Gasteiger charge is -2.34. The molecule has 11 aromatic carbocycles. The summed E-state index contributed by atoms with van der Waals surface area (Å²) in [5.41, 5.74) is 3.04. The Hall–Kier alpha value is -10.2. The maximum atomic E-state index is 16.7. The van der Waals surface area contributed by atoms with Crippen LogP contribution >= 0.6 is 0 Å². The van der Waals surface area contributed by atoms with E-state index in [0.717, 1.165) is 135 Å². The molecule has 4 amide bonds. The number of hydrogen-bond acceptors (Lipinski definition) is 16. The highest BCUT2D eigenvalue weighted by atomic mass is 32.2. The van der Waals surface area contributed by atoms with E-state index in [-0.39, 0.29) is 111 Å². The van der Waals surface area contributed by atoms with Crippen LogP contribution in [0.3, 0.4) is 0 Å². The van der Waals surface area contributed by atoms with Gasteiger partial charge in [0, 0.05) is 43.1 Å². The van der Waals surface area contributed by atoms with Gasteiger partial charge in [-0.1, -0.05) is 141 Å². The second-order valence-corrected chi connectivity index (χ2v) is 33.6. The van der Waals surface area contributed by atoms with Gasteiger partial charge in [0.1, 0.15) is 46.0 Å². The molecule has 0 fully saturated rings. The SMILES string of the molecule is CCCCCCc1cccc(CCCCCC)c1N1C(=O)c2cc(Oc3ccc(S(=O)(=O)O)cc3)c3c4c(Oc5ccc(S(=O)(=O)O)cc5)cc5c6c(cc(Oc7ccc(S(=O)(=O)O)cc7)c(c7c(Oc8ccc(S(=O)(=O)O)cc8)cc(c2c37)C1=O)c64)C(=O)N(c1c(CCCCCC)cccc1CCCCCC)C5=O. The Morgan fingerprint density at radius 3 is 0.673 bits per heavy atom. The third-order valence-corrected chi connectivity index (χ3v) is 23.8. The predicted molar refractivity (Wildman–Crippen MR) is 420 cm³/mol. The van der Waals surface area contributed by atoms with Crippen LogP contribution in [-0.4, -0.2) is 75.5 Å². The van der Waals surface area contributed by atoms with Gasteiger partial charge in [0.2, 0.25) is 0 Å². The zero-order chi connectivity index (χ0) is 78.1. The number of benzene rings is 11. The molecule has 0 saturated heterocycles. The van der Waals surface area contributed by atoms with E-state index >= 15 is 19.2 Å². The van der Waals surface area contributed by atoms with Crippen molar-refractivity contribution in [1.82, 2.24) is 0 Å². The Labute approximate surface area is 638 Å². The number of rotatable bonds is 34. The van der Waals surface area contributed by atoms with E-state index in [1.165, 1.54) is 72.8 Å². The lowest BCUT2D eigenvalue weighted by molar-refractivity contribution is 0.0877. The van der Waals surface area contributed by atoms with Crippen molar-refractivity contribution in [2.75, 3.05) is 9.80 Å². The molecule has 0 saturated carbocycles. The highest BCUT2D eigenvalue weighted by Gasteiger charge is 2.44. The fraction of sp³-hybridized carbons (Fsp3) is 0.286. The van der Waals surface area contributed by atoms with Gasteiger partial charge in [-0.3, -0.25) is 37.4 Å². The summed E-state index contributed by atoms with van der Waals surface area (Å²) >= 11 is 0. The summed E-state index contributed by atoms with van der Waals surface area (Å²) < 4.78 is 171. The van der Waals surface area contributed by atoms with Crippen molar-refractivity contribution in [3.05, 3.63) is 202 Å². The molecule has 11 aromatic rings. The quantitative estimate of drug-likeness (QED) is 0.00957. The van der Waals surface area contributed by atoms with Gasteiger partial charge < -0.3 is 18.9 Å². The average Bonchev–Trinajstić information content (AvgIpc) is 0.669. The first-order valence-electron chi connectivity index (χ1n) is 37.0. The molecule has 26 heteroatoms. The molecule has 2 aliphatic heterocycles. The molecule has 0 aromatic heterocycles. The van der Waals surface area contributed by atoms with Gasteiger partial charge in [-0.15, -0.1) is 0 Å². The maximum absolute atomic E-state index is 16.7. The smallest absolute Gasteiger partial charge is 0.294 e. The molecule has 22 nitrogen and oxygen atoms in total. The Balaban J connectivity index is 1.22. The zero-order valence-corrected chi connectivity index (χ0v) is 64.3. The highest BCUT2D eigenvalue weighted by Crippen LogP contribution is 2.59. The molecule has 0 aliphatic carbocycles. The summed E-state index contributed by atoms with van der Waals surface area (Å²) in [5.74, 6) is -4.50. The van der Waals surface area contributed by atoms with Crippen molar-refractivity contribution >= 4 is 119 Å². The fourth-order valence-electron chi connectivity index (χ4n) is 15.1. The Kier molecular flexibility index (Phi) is 22.7. The van der Waals surface area contributed by atoms with Crippen LogP contribution in [0.4, 0.5) is 11.4 Å². The minimum Gasteiger partial charge on any atom is -0.457 e. The van der Waals surface area contributed by atoms with Gasteiger partial charge >= 0.3 is 0 Å². The minimum absolute atomic E-state index is 0.0133. The van der Waals surface area contributed by atoms with Crippen molar-refractivity contribution in [2.45, 2.75) is 176 Å². The first-order valence-corrected chi connectivity index (χ1v) is 42.8. The predicted octanol–water partition coefficient (Wildman–Crippen LogP) is 20.0. The summed E-state index contributed by atoms with van der Waals surface area (Å²) in [6.45, 7) is 8.35. The third kappa shape index (κ3) is 15.7. The topological polar surface area (TPSA) is 329 Å². The van der Waals surface area contributed by atoms with Gasteiger partial charge in [-0.25, -0.2) is 9.80 Å². The van der Waals surface area contributed by atoms with Gasteiger partial charge in [0.15, 0.2) is 0 Å². The van der Waals surface area contributed by atoms with Crippen LogP contribution in [0.15, 0.2) is 177 Å². The third-order valence-electron chi connectivity index (χ3n) is 20.3. The lowest BCUT2D eigenvalue weighted by atomic mass is 9.80. The fourth-order valence-corrected chi connectivity index (χ4v) is 17.0. The van der Waals surface area contributed by atoms with Crippen molar-refractivity contribution in [3.63, 3.8) is 0 Å². The van der Waals surface area contributed by atoms with E-state index in [0.29, 0.717) is 85.0 Å². The summed E-state index contributed by atoms with van der Waals surface area (Å²) in [4.78, 5) is 67.0. The molecule has 2 heterocycles. The average molecular weight is 1570 g/mol. The number of imide groups is 2. The van der Waals surface area contributed by atoms with Gasteiger partial charge in [0.25, 0.3) is 64.1 Å². The number of ether oxygens (including phenoxy) is 4. The molecule has 4 N–H and O–H groups in total. The van der Waals surface area contributed by atoms with Crippen molar-refractivity contribution in [3.8, 4) is 46.0 Å². The van der Waals surface area contributed by atoms with Gasteiger partial charge in [-0.2, -0.15) is 33.7 Å². The Bertz CT molecular complexity index is 5220. The van der Waals surface area contributed by atoms with E-state index in [4.69, 9.17) is 18.9 Å². The van der Waals surface area contributed by atoms with Crippen molar-refractivity contribution < 1.29 is 90.0 Å². The number of unbranched alkanes of at least 4 members (excludes halogenated alkanes) is 12. The Morgan fingerprint density at radius 1 is 0.273 bits per heavy atom. The van der Waals surface area contributed by atoms with Crippen LogP contribution < -0.4 is 28.7 Å². The van der Waals surface area contributed by atoms with Crippen LogP contribution in [0.2, 0.25) is 0 Å². The number of aryl methyl sites for hydroxylation is 4. The number of fused-ring (bicyclic) bond motifs is 2. The van der Waals surface area contributed by atoms with Crippen LogP contribution in [0.25, 0.3) is 43.1 Å². The normalized spacial score (nSPS) is 13.4. The number of para-hydroxylation sites is 2. The van der Waals surface area contributed by atoms with Crippen molar-refractivity contribution in [2.24, 2.45) is 0 Å². The molecular formula is C84H82N2O20S4. The second-order valence-electron chi connectivity index (χ2n) is 27.9. The molecule has 0 unspecified atom stereocenters. The monoisotopic (exact) mass is 1570 g/mol. The first-order chi connectivity index (χ1) is 52.6. The van der Waals surface area contributed by atoms with Gasteiger partial charge in [0.05, 0.1) is 53.2 Å².